The highest BCUT2D eigenvalue weighted by Gasteiger charge is 2.08. The van der Waals surface area contributed by atoms with Crippen LogP contribution in [0.1, 0.15) is 19.3 Å². The highest BCUT2D eigenvalue weighted by Crippen LogP contribution is 2.20. The van der Waals surface area contributed by atoms with Crippen LogP contribution in [0.2, 0.25) is 0 Å². The molecule has 0 unspecified atom stereocenters. The molecule has 25 heavy (non-hydrogen) atoms. The fraction of sp³-hybridized carbons (Fsp3) is 0.278. The molecule has 0 saturated heterocycles. The molecule has 0 bridgehead atoms. The van der Waals surface area contributed by atoms with Crippen molar-refractivity contribution in [3.8, 4) is 16.9 Å². The zero-order valence-electron chi connectivity index (χ0n) is 13.9. The van der Waals surface area contributed by atoms with E-state index in [0.29, 0.717) is 11.6 Å². The van der Waals surface area contributed by atoms with Gasteiger partial charge in [0.15, 0.2) is 0 Å². The number of nitrogens with two attached hydrogens (primary N) is 1. The first kappa shape index (κ1) is 17.0. The summed E-state index contributed by atoms with van der Waals surface area (Å²) in [5.74, 6) is 0.253. The lowest BCUT2D eigenvalue weighted by atomic mass is 10.2. The van der Waals surface area contributed by atoms with Gasteiger partial charge in [0.1, 0.15) is 11.5 Å². The summed E-state index contributed by atoms with van der Waals surface area (Å²) in [6.45, 7) is 1.52. The fourth-order valence-corrected chi connectivity index (χ4v) is 2.48. The van der Waals surface area contributed by atoms with Crippen LogP contribution in [0.4, 0.5) is 10.3 Å². The second-order valence-corrected chi connectivity index (χ2v) is 5.67. The van der Waals surface area contributed by atoms with Crippen molar-refractivity contribution >= 4 is 5.95 Å². The summed E-state index contributed by atoms with van der Waals surface area (Å²) in [6.07, 6.45) is 8.25. The Hall–Kier alpha value is -2.80. The summed E-state index contributed by atoms with van der Waals surface area (Å²) in [5.41, 5.74) is 7.43. The van der Waals surface area contributed by atoms with E-state index in [0.717, 1.165) is 43.6 Å². The molecule has 0 saturated carbocycles. The predicted octanol–water partition coefficient (Wildman–Crippen LogP) is 3.01. The molecule has 0 aliphatic carbocycles. The van der Waals surface area contributed by atoms with Gasteiger partial charge in [-0.25, -0.2) is 19.0 Å². The first-order chi connectivity index (χ1) is 12.3. The van der Waals surface area contributed by atoms with Gasteiger partial charge in [0.05, 0.1) is 11.9 Å². The highest BCUT2D eigenvalue weighted by atomic mass is 19.1. The number of hydrogen-bond donors (Lipinski definition) is 2. The molecule has 0 radical (unpaired) electrons. The van der Waals surface area contributed by atoms with Crippen LogP contribution in [0.15, 0.2) is 48.9 Å². The molecule has 6 nitrogen and oxygen atoms in total. The van der Waals surface area contributed by atoms with Crippen molar-refractivity contribution in [1.29, 1.82) is 0 Å². The first-order valence-electron chi connectivity index (χ1n) is 8.35. The Labute approximate surface area is 145 Å². The number of benzene rings is 1. The molecule has 2 heterocycles. The van der Waals surface area contributed by atoms with Gasteiger partial charge in [-0.05, 0) is 37.6 Å². The Bertz CT molecular complexity index is 817. The maximum absolute atomic E-state index is 13.9. The Morgan fingerprint density at radius 2 is 2.00 bits per heavy atom. The normalized spacial score (nSPS) is 10.8. The van der Waals surface area contributed by atoms with Crippen LogP contribution in [0, 0.1) is 5.82 Å². The van der Waals surface area contributed by atoms with Crippen LogP contribution in [-0.4, -0.2) is 32.8 Å². The average molecular weight is 340 g/mol. The van der Waals surface area contributed by atoms with Crippen molar-refractivity contribution in [2.24, 2.45) is 5.73 Å². The summed E-state index contributed by atoms with van der Waals surface area (Å²) >= 11 is 0. The van der Waals surface area contributed by atoms with Crippen LogP contribution < -0.4 is 11.1 Å². The lowest BCUT2D eigenvalue weighted by Crippen LogP contribution is -2.06. The molecule has 1 aromatic carbocycles. The average Bonchev–Trinajstić information content (AvgIpc) is 3.12. The number of aromatic nitrogens is 4. The van der Waals surface area contributed by atoms with E-state index in [1.165, 1.54) is 10.7 Å². The Balaban J connectivity index is 1.70. The minimum atomic E-state index is -0.320. The number of nitrogens with one attached hydrogen (secondary N) is 1. The summed E-state index contributed by atoms with van der Waals surface area (Å²) in [5, 5.41) is 7.44. The van der Waals surface area contributed by atoms with Crippen molar-refractivity contribution in [1.82, 2.24) is 19.7 Å². The van der Waals surface area contributed by atoms with Crippen LogP contribution >= 0.6 is 0 Å². The standard InChI is InChI=1S/C18H21FN6/c19-15-6-2-3-7-17(15)25-13-14(12-23-25)16-8-11-22-18(24-16)21-10-5-1-4-9-20/h2-3,6-8,11-13H,1,4-5,9-10,20H2,(H,21,22,24). The van der Waals surface area contributed by atoms with Crippen molar-refractivity contribution in [2.75, 3.05) is 18.4 Å². The molecule has 0 amide bonds. The van der Waals surface area contributed by atoms with Gasteiger partial charge >= 0.3 is 0 Å². The molecule has 3 aromatic rings. The monoisotopic (exact) mass is 340 g/mol. The molecule has 0 aliphatic heterocycles. The Morgan fingerprint density at radius 1 is 1.12 bits per heavy atom. The van der Waals surface area contributed by atoms with Crippen molar-refractivity contribution in [2.45, 2.75) is 19.3 Å². The molecular weight excluding hydrogens is 319 g/mol. The third kappa shape index (κ3) is 4.39. The smallest absolute Gasteiger partial charge is 0.223 e. The fourth-order valence-electron chi connectivity index (χ4n) is 2.48. The molecule has 3 rings (SSSR count). The van der Waals surface area contributed by atoms with Crippen molar-refractivity contribution in [3.63, 3.8) is 0 Å². The van der Waals surface area contributed by atoms with E-state index in [1.807, 2.05) is 6.07 Å². The van der Waals surface area contributed by atoms with Crippen molar-refractivity contribution in [3.05, 3.63) is 54.7 Å². The van der Waals surface area contributed by atoms with Gasteiger partial charge in [0, 0.05) is 24.5 Å². The number of rotatable bonds is 8. The SMILES string of the molecule is NCCCCCNc1nccc(-c2cnn(-c3ccccc3F)c2)n1. The van der Waals surface area contributed by atoms with Crippen LogP contribution in [0.5, 0.6) is 0 Å². The molecule has 3 N–H and O–H groups in total. The highest BCUT2D eigenvalue weighted by molar-refractivity contribution is 5.58. The van der Waals surface area contributed by atoms with Gasteiger partial charge in [-0.15, -0.1) is 0 Å². The van der Waals surface area contributed by atoms with E-state index in [1.54, 1.807) is 36.8 Å². The van der Waals surface area contributed by atoms with E-state index in [2.05, 4.69) is 20.4 Å². The van der Waals surface area contributed by atoms with Gasteiger partial charge in [-0.2, -0.15) is 5.10 Å². The maximum atomic E-state index is 13.9. The molecule has 7 heteroatoms. The van der Waals surface area contributed by atoms with Gasteiger partial charge in [0.2, 0.25) is 5.95 Å². The van der Waals surface area contributed by atoms with E-state index in [4.69, 9.17) is 5.73 Å². The zero-order valence-corrected chi connectivity index (χ0v) is 13.9. The summed E-state index contributed by atoms with van der Waals surface area (Å²) in [4.78, 5) is 8.72. The predicted molar refractivity (Wildman–Crippen MR) is 95.9 cm³/mol. The van der Waals surface area contributed by atoms with E-state index in [-0.39, 0.29) is 5.82 Å². The minimum absolute atomic E-state index is 0.320. The second kappa shape index (κ2) is 8.34. The minimum Gasteiger partial charge on any atom is -0.354 e. The molecular formula is C18H21FN6. The second-order valence-electron chi connectivity index (χ2n) is 5.67. The number of halogens is 1. The Kier molecular flexibility index (Phi) is 5.69. The third-order valence-corrected chi connectivity index (χ3v) is 3.80. The number of hydrogen-bond acceptors (Lipinski definition) is 5. The molecule has 130 valence electrons. The van der Waals surface area contributed by atoms with Gasteiger partial charge < -0.3 is 11.1 Å². The number of unbranched alkanes of at least 4 members (excludes halogenated alkanes) is 2. The summed E-state index contributed by atoms with van der Waals surface area (Å²) < 4.78 is 15.4. The van der Waals surface area contributed by atoms with Crippen LogP contribution in [-0.2, 0) is 0 Å². The lowest BCUT2D eigenvalue weighted by molar-refractivity contribution is 0.611. The van der Waals surface area contributed by atoms with Crippen LogP contribution in [0.25, 0.3) is 16.9 Å². The van der Waals surface area contributed by atoms with Gasteiger partial charge in [0.25, 0.3) is 0 Å². The molecule has 2 aromatic heterocycles. The molecule has 0 fully saturated rings. The first-order valence-corrected chi connectivity index (χ1v) is 8.35. The van der Waals surface area contributed by atoms with E-state index < -0.39 is 0 Å². The van der Waals surface area contributed by atoms with E-state index >= 15 is 0 Å². The van der Waals surface area contributed by atoms with Crippen LogP contribution in [0.3, 0.4) is 0 Å². The summed E-state index contributed by atoms with van der Waals surface area (Å²) in [7, 11) is 0. The maximum Gasteiger partial charge on any atom is 0.223 e. The number of nitrogens with zero attached hydrogens (tertiary/aromatic N) is 4. The van der Waals surface area contributed by atoms with E-state index in [9.17, 15) is 4.39 Å². The lowest BCUT2D eigenvalue weighted by Gasteiger charge is -2.05. The topological polar surface area (TPSA) is 81.6 Å². The third-order valence-electron chi connectivity index (χ3n) is 3.80. The van der Waals surface area contributed by atoms with Gasteiger partial charge in [-0.3, -0.25) is 0 Å². The summed E-state index contributed by atoms with van der Waals surface area (Å²) in [6, 6.07) is 8.33. The molecule has 0 spiro atoms. The zero-order chi connectivity index (χ0) is 17.5. The quantitative estimate of drug-likeness (QED) is 0.616. The molecule has 0 aliphatic rings. The van der Waals surface area contributed by atoms with Gasteiger partial charge in [-0.1, -0.05) is 18.6 Å². The largest absolute Gasteiger partial charge is 0.354 e. The Morgan fingerprint density at radius 3 is 2.84 bits per heavy atom. The number of para-hydroxylation sites is 1. The molecule has 0 atom stereocenters. The van der Waals surface area contributed by atoms with Crippen molar-refractivity contribution < 1.29 is 4.39 Å². The number of anilines is 1.